The van der Waals surface area contributed by atoms with Gasteiger partial charge >= 0.3 is 5.97 Å². The van der Waals surface area contributed by atoms with Crippen LogP contribution in [0.25, 0.3) is 10.9 Å². The lowest BCUT2D eigenvalue weighted by molar-refractivity contribution is -0.138. The predicted octanol–water partition coefficient (Wildman–Crippen LogP) is -0.870. The Balaban J connectivity index is 2.27. The molecule has 3 atom stereocenters. The van der Waals surface area contributed by atoms with Crippen molar-refractivity contribution in [3.63, 3.8) is 0 Å². The average molecular weight is 489 g/mol. The van der Waals surface area contributed by atoms with Crippen molar-refractivity contribution in [3.05, 3.63) is 36.0 Å². The number of aromatic nitrogens is 1. The van der Waals surface area contributed by atoms with E-state index in [0.29, 0.717) is 6.42 Å². The molecule has 0 aliphatic rings. The topological polar surface area (TPSA) is 209 Å². The second-order valence-electron chi connectivity index (χ2n) is 8.70. The fraction of sp³-hybridized carbons (Fsp3) is 0.435. The first kappa shape index (κ1) is 27.3. The molecule has 1 aromatic carbocycles. The quantitative estimate of drug-likeness (QED) is 0.189. The van der Waals surface area contributed by atoms with E-state index in [2.05, 4.69) is 20.9 Å². The van der Waals surface area contributed by atoms with E-state index in [-0.39, 0.29) is 12.3 Å². The van der Waals surface area contributed by atoms with E-state index in [1.54, 1.807) is 6.20 Å². The number of nitrogens with two attached hydrogens (primary N) is 2. The second-order valence-corrected chi connectivity index (χ2v) is 8.70. The Labute approximate surface area is 202 Å². The third kappa shape index (κ3) is 8.41. The van der Waals surface area contributed by atoms with E-state index in [0.717, 1.165) is 16.5 Å². The minimum atomic E-state index is -1.42. The molecule has 0 saturated carbocycles. The Morgan fingerprint density at radius 1 is 1.00 bits per heavy atom. The number of fused-ring (bicyclic) bond motifs is 1. The number of aliphatic carboxylic acids is 1. The number of para-hydroxylation sites is 1. The number of primary amides is 1. The number of carbonyl (C=O) groups is 5. The molecule has 3 unspecified atom stereocenters. The Morgan fingerprint density at radius 2 is 1.66 bits per heavy atom. The molecule has 0 fully saturated rings. The van der Waals surface area contributed by atoms with Crippen molar-refractivity contribution < 1.29 is 29.1 Å². The molecule has 0 aliphatic carbocycles. The summed E-state index contributed by atoms with van der Waals surface area (Å²) in [4.78, 5) is 63.6. The summed E-state index contributed by atoms with van der Waals surface area (Å²) in [5.41, 5.74) is 12.8. The summed E-state index contributed by atoms with van der Waals surface area (Å²) in [6, 6.07) is 3.99. The fourth-order valence-corrected chi connectivity index (χ4v) is 3.59. The summed E-state index contributed by atoms with van der Waals surface area (Å²) < 4.78 is 0. The third-order valence-corrected chi connectivity index (χ3v) is 5.25. The first-order valence-corrected chi connectivity index (χ1v) is 11.2. The van der Waals surface area contributed by atoms with Crippen LogP contribution in [0, 0.1) is 5.92 Å². The Bertz CT molecular complexity index is 1080. The molecule has 0 aliphatic heterocycles. The van der Waals surface area contributed by atoms with Crippen molar-refractivity contribution in [2.45, 2.75) is 51.2 Å². The van der Waals surface area contributed by atoms with Gasteiger partial charge in [-0.2, -0.15) is 0 Å². The zero-order valence-electron chi connectivity index (χ0n) is 19.7. The maximum absolute atomic E-state index is 13.2. The van der Waals surface area contributed by atoms with Crippen molar-refractivity contribution in [2.75, 3.05) is 6.54 Å². The van der Waals surface area contributed by atoms with Crippen LogP contribution >= 0.6 is 0 Å². The number of benzene rings is 1. The minimum Gasteiger partial charge on any atom is -0.480 e. The second kappa shape index (κ2) is 12.5. The van der Waals surface area contributed by atoms with Crippen molar-refractivity contribution in [1.29, 1.82) is 0 Å². The van der Waals surface area contributed by atoms with Crippen molar-refractivity contribution in [1.82, 2.24) is 20.9 Å². The van der Waals surface area contributed by atoms with Crippen LogP contribution in [0.4, 0.5) is 0 Å². The number of nitrogens with one attached hydrogen (secondary N) is 4. The van der Waals surface area contributed by atoms with Crippen LogP contribution < -0.4 is 27.4 Å². The maximum Gasteiger partial charge on any atom is 0.322 e. The van der Waals surface area contributed by atoms with Crippen molar-refractivity contribution >= 4 is 40.5 Å². The fourth-order valence-electron chi connectivity index (χ4n) is 3.59. The van der Waals surface area contributed by atoms with E-state index in [4.69, 9.17) is 16.6 Å². The highest BCUT2D eigenvalue weighted by Crippen LogP contribution is 2.19. The first-order chi connectivity index (χ1) is 16.5. The summed E-state index contributed by atoms with van der Waals surface area (Å²) in [5.74, 6) is -4.22. The van der Waals surface area contributed by atoms with Crippen LogP contribution in [0.15, 0.2) is 30.5 Å². The van der Waals surface area contributed by atoms with Crippen LogP contribution in [0.1, 0.15) is 32.3 Å². The van der Waals surface area contributed by atoms with E-state index in [1.165, 1.54) is 0 Å². The normalized spacial score (nSPS) is 13.6. The summed E-state index contributed by atoms with van der Waals surface area (Å²) in [7, 11) is 0. The number of carbonyl (C=O) groups excluding carboxylic acids is 4. The molecular formula is C23H32N6O6. The highest BCUT2D eigenvalue weighted by atomic mass is 16.4. The third-order valence-electron chi connectivity index (χ3n) is 5.25. The molecule has 1 heterocycles. The van der Waals surface area contributed by atoms with E-state index in [1.807, 2.05) is 38.1 Å². The molecule has 12 heteroatoms. The van der Waals surface area contributed by atoms with Gasteiger partial charge in [0.1, 0.15) is 18.6 Å². The van der Waals surface area contributed by atoms with Gasteiger partial charge in [-0.1, -0.05) is 32.0 Å². The number of hydrogen-bond donors (Lipinski definition) is 7. The zero-order valence-corrected chi connectivity index (χ0v) is 19.7. The molecule has 9 N–H and O–H groups in total. The summed E-state index contributed by atoms with van der Waals surface area (Å²) in [5, 5.41) is 16.8. The molecule has 2 rings (SSSR count). The molecule has 0 spiro atoms. The van der Waals surface area contributed by atoms with Crippen LogP contribution in [0.3, 0.4) is 0 Å². The van der Waals surface area contributed by atoms with E-state index < -0.39 is 60.7 Å². The average Bonchev–Trinajstić information content (AvgIpc) is 3.18. The maximum atomic E-state index is 13.2. The highest BCUT2D eigenvalue weighted by molar-refractivity contribution is 5.96. The molecule has 0 saturated heterocycles. The Kier molecular flexibility index (Phi) is 9.76. The number of amides is 4. The summed E-state index contributed by atoms with van der Waals surface area (Å²) in [6.07, 6.45) is 1.62. The van der Waals surface area contributed by atoms with Gasteiger partial charge < -0.3 is 37.5 Å². The summed E-state index contributed by atoms with van der Waals surface area (Å²) in [6.45, 7) is 3.12. The molecule has 0 bridgehead atoms. The van der Waals surface area contributed by atoms with Gasteiger partial charge in [-0.25, -0.2) is 0 Å². The summed E-state index contributed by atoms with van der Waals surface area (Å²) >= 11 is 0. The largest absolute Gasteiger partial charge is 0.480 e. The molecule has 1 aromatic heterocycles. The van der Waals surface area contributed by atoms with Gasteiger partial charge in [-0.05, 0) is 24.0 Å². The van der Waals surface area contributed by atoms with Crippen LogP contribution in [0.2, 0.25) is 0 Å². The Morgan fingerprint density at radius 3 is 2.29 bits per heavy atom. The molecule has 4 amide bonds. The van der Waals surface area contributed by atoms with Crippen LogP contribution in [-0.2, 0) is 30.4 Å². The monoisotopic (exact) mass is 488 g/mol. The highest BCUT2D eigenvalue weighted by Gasteiger charge is 2.30. The van der Waals surface area contributed by atoms with Crippen LogP contribution in [-0.4, -0.2) is 64.4 Å². The van der Waals surface area contributed by atoms with E-state index in [9.17, 15) is 24.0 Å². The number of rotatable bonds is 13. The van der Waals surface area contributed by atoms with Gasteiger partial charge in [0.15, 0.2) is 0 Å². The molecule has 35 heavy (non-hydrogen) atoms. The lowest BCUT2D eigenvalue weighted by atomic mass is 10.0. The number of carboxylic acid groups (broad SMARTS) is 1. The van der Waals surface area contributed by atoms with E-state index >= 15 is 0 Å². The van der Waals surface area contributed by atoms with Crippen LogP contribution in [0.5, 0.6) is 0 Å². The van der Waals surface area contributed by atoms with Gasteiger partial charge in [0.25, 0.3) is 0 Å². The standard InChI is InChI=1S/C23H32N6O6/c1-12(2)7-15(24)21(33)28-17(8-13-10-26-16-6-4-3-5-14(13)16)23(35)29-18(9-19(25)30)22(34)27-11-20(31)32/h3-6,10,12,15,17-18,26H,7-9,11,24H2,1-2H3,(H2,25,30)(H,27,34)(H,28,33)(H,29,35)(H,31,32). The van der Waals surface area contributed by atoms with Crippen molar-refractivity contribution in [3.8, 4) is 0 Å². The number of hydrogen-bond acceptors (Lipinski definition) is 6. The van der Waals surface area contributed by atoms with Gasteiger partial charge in [-0.3, -0.25) is 24.0 Å². The van der Waals surface area contributed by atoms with Gasteiger partial charge in [0, 0.05) is 23.5 Å². The lowest BCUT2D eigenvalue weighted by Gasteiger charge is -2.24. The zero-order chi connectivity index (χ0) is 26.1. The molecule has 12 nitrogen and oxygen atoms in total. The molecular weight excluding hydrogens is 456 g/mol. The first-order valence-electron chi connectivity index (χ1n) is 11.2. The minimum absolute atomic E-state index is 0.0655. The van der Waals surface area contributed by atoms with Gasteiger partial charge in [-0.15, -0.1) is 0 Å². The van der Waals surface area contributed by atoms with Gasteiger partial charge in [0.2, 0.25) is 23.6 Å². The number of H-pyrrole nitrogens is 1. The number of carboxylic acids is 1. The van der Waals surface area contributed by atoms with Crippen molar-refractivity contribution in [2.24, 2.45) is 17.4 Å². The smallest absolute Gasteiger partial charge is 0.322 e. The molecule has 0 radical (unpaired) electrons. The predicted molar refractivity (Wildman–Crippen MR) is 128 cm³/mol. The molecule has 190 valence electrons. The molecule has 2 aromatic rings. The SMILES string of the molecule is CC(C)CC(N)C(=O)NC(Cc1c[nH]c2ccccc12)C(=O)NC(CC(N)=O)C(=O)NCC(=O)O. The lowest BCUT2D eigenvalue weighted by Crippen LogP contribution is -2.57. The Hall–Kier alpha value is -3.93. The number of aromatic amines is 1. The van der Waals surface area contributed by atoms with Gasteiger partial charge in [0.05, 0.1) is 12.5 Å².